The highest BCUT2D eigenvalue weighted by Crippen LogP contribution is 2.30. The van der Waals surface area contributed by atoms with Gasteiger partial charge in [0.1, 0.15) is 0 Å². The van der Waals surface area contributed by atoms with Gasteiger partial charge in [-0.25, -0.2) is 8.42 Å². The number of sulfonamides is 1. The Balaban J connectivity index is 1.61. The van der Waals surface area contributed by atoms with Gasteiger partial charge in [-0.2, -0.15) is 0 Å². The zero-order valence-corrected chi connectivity index (χ0v) is 19.1. The summed E-state index contributed by atoms with van der Waals surface area (Å²) in [6.45, 7) is 0. The van der Waals surface area contributed by atoms with Gasteiger partial charge in [0.2, 0.25) is 0 Å². The molecule has 0 aliphatic carbocycles. The maximum atomic E-state index is 13.0. The van der Waals surface area contributed by atoms with E-state index >= 15 is 0 Å². The van der Waals surface area contributed by atoms with E-state index in [1.165, 1.54) is 48.5 Å². The summed E-state index contributed by atoms with van der Waals surface area (Å²) in [7, 11) is -4.04. The van der Waals surface area contributed by atoms with Crippen LogP contribution in [0.15, 0.2) is 88.4 Å². The van der Waals surface area contributed by atoms with Crippen LogP contribution in [0, 0.1) is 10.1 Å². The molecule has 11 heteroatoms. The molecule has 0 atom stereocenters. The Kier molecular flexibility index (Phi) is 6.07. The fourth-order valence-corrected chi connectivity index (χ4v) is 4.69. The number of pyridine rings is 1. The molecular formula is C22H15BrN4O5S. The van der Waals surface area contributed by atoms with Crippen LogP contribution in [-0.4, -0.2) is 24.2 Å². The predicted molar refractivity (Wildman–Crippen MR) is 128 cm³/mol. The zero-order chi connectivity index (χ0) is 23.6. The topological polar surface area (TPSA) is 131 Å². The third-order valence-electron chi connectivity index (χ3n) is 4.68. The summed E-state index contributed by atoms with van der Waals surface area (Å²) in [4.78, 5) is 27.1. The van der Waals surface area contributed by atoms with E-state index in [0.29, 0.717) is 11.2 Å². The Hall–Kier alpha value is -3.83. The van der Waals surface area contributed by atoms with Crippen molar-refractivity contribution in [2.75, 3.05) is 10.0 Å². The van der Waals surface area contributed by atoms with E-state index in [9.17, 15) is 23.3 Å². The molecule has 0 aliphatic heterocycles. The first-order valence-electron chi connectivity index (χ1n) is 9.46. The summed E-state index contributed by atoms with van der Waals surface area (Å²) < 4.78 is 29.3. The fraction of sp³-hybridized carbons (Fsp3) is 0. The minimum Gasteiger partial charge on any atom is -0.322 e. The lowest BCUT2D eigenvalue weighted by molar-refractivity contribution is -0.384. The number of rotatable bonds is 6. The van der Waals surface area contributed by atoms with Crippen LogP contribution in [0.3, 0.4) is 0 Å². The highest BCUT2D eigenvalue weighted by Gasteiger charge is 2.19. The molecule has 0 aliphatic rings. The van der Waals surface area contributed by atoms with Crippen molar-refractivity contribution in [2.45, 2.75) is 4.90 Å². The molecule has 0 bridgehead atoms. The number of carbonyl (C=O) groups is 1. The van der Waals surface area contributed by atoms with Crippen LogP contribution in [0.1, 0.15) is 10.4 Å². The molecule has 1 heterocycles. The molecule has 33 heavy (non-hydrogen) atoms. The summed E-state index contributed by atoms with van der Waals surface area (Å²) in [5.74, 6) is -0.608. The molecule has 1 aromatic heterocycles. The van der Waals surface area contributed by atoms with Crippen molar-refractivity contribution in [1.82, 2.24) is 4.98 Å². The van der Waals surface area contributed by atoms with Gasteiger partial charge in [-0.15, -0.1) is 0 Å². The van der Waals surface area contributed by atoms with Crippen LogP contribution in [-0.2, 0) is 10.0 Å². The van der Waals surface area contributed by atoms with E-state index in [2.05, 4.69) is 31.0 Å². The second-order valence-electron chi connectivity index (χ2n) is 6.89. The van der Waals surface area contributed by atoms with Crippen LogP contribution < -0.4 is 10.0 Å². The van der Waals surface area contributed by atoms with Gasteiger partial charge in [0, 0.05) is 39.4 Å². The minimum atomic E-state index is -4.04. The second kappa shape index (κ2) is 8.96. The molecule has 2 N–H and O–H groups in total. The molecule has 1 amide bonds. The summed E-state index contributed by atoms with van der Waals surface area (Å²) in [5, 5.41) is 14.2. The smallest absolute Gasteiger partial charge is 0.271 e. The lowest BCUT2D eigenvalue weighted by Gasteiger charge is -2.12. The molecule has 4 aromatic rings. The number of anilines is 2. The molecular weight excluding hydrogens is 512 g/mol. The standard InChI is InChI=1S/C22H15BrN4O5S/c23-19-9-10-20(21-18(19)8-3-11-24-21)26-33(31,32)17-7-1-4-14(12-17)22(28)25-15-5-2-6-16(13-15)27(29)30/h1-13,26H,(H,25,28). The number of nitro groups is 1. The Labute approximate surface area is 196 Å². The summed E-state index contributed by atoms with van der Waals surface area (Å²) in [5.41, 5.74) is 0.870. The van der Waals surface area contributed by atoms with E-state index < -0.39 is 20.9 Å². The van der Waals surface area contributed by atoms with E-state index in [1.54, 1.807) is 24.4 Å². The van der Waals surface area contributed by atoms with Gasteiger partial charge in [-0.3, -0.25) is 24.6 Å². The normalized spacial score (nSPS) is 11.2. The number of nitro benzene ring substituents is 1. The van der Waals surface area contributed by atoms with Gasteiger partial charge < -0.3 is 5.32 Å². The Morgan fingerprint density at radius 2 is 1.79 bits per heavy atom. The van der Waals surface area contributed by atoms with Gasteiger partial charge in [0.05, 0.1) is 21.0 Å². The molecule has 0 unspecified atom stereocenters. The molecule has 0 radical (unpaired) electrons. The van der Waals surface area contributed by atoms with E-state index in [1.807, 2.05) is 6.07 Å². The molecule has 9 nitrogen and oxygen atoms in total. The number of fused-ring (bicyclic) bond motifs is 1. The highest BCUT2D eigenvalue weighted by atomic mass is 79.9. The zero-order valence-electron chi connectivity index (χ0n) is 16.7. The van der Waals surface area contributed by atoms with Gasteiger partial charge in [-0.05, 0) is 42.5 Å². The van der Waals surface area contributed by atoms with Gasteiger partial charge >= 0.3 is 0 Å². The number of non-ortho nitro benzene ring substituents is 1. The molecule has 0 saturated carbocycles. The van der Waals surface area contributed by atoms with Gasteiger partial charge in [-0.1, -0.05) is 34.1 Å². The van der Waals surface area contributed by atoms with Crippen molar-refractivity contribution in [1.29, 1.82) is 0 Å². The first kappa shape index (κ1) is 22.4. The summed E-state index contributed by atoms with van der Waals surface area (Å²) in [6, 6.07) is 17.8. The number of carbonyl (C=O) groups excluding carboxylic acids is 1. The number of halogens is 1. The maximum absolute atomic E-state index is 13.0. The molecule has 0 fully saturated rings. The lowest BCUT2D eigenvalue weighted by Crippen LogP contribution is -2.16. The fourth-order valence-electron chi connectivity index (χ4n) is 3.13. The number of benzene rings is 3. The van der Waals surface area contributed by atoms with E-state index in [0.717, 1.165) is 9.86 Å². The van der Waals surface area contributed by atoms with Crippen molar-refractivity contribution in [2.24, 2.45) is 0 Å². The van der Waals surface area contributed by atoms with Crippen molar-refractivity contribution in [3.05, 3.63) is 99.1 Å². The van der Waals surface area contributed by atoms with Crippen LogP contribution in [0.2, 0.25) is 0 Å². The van der Waals surface area contributed by atoms with Gasteiger partial charge in [0.15, 0.2) is 0 Å². The van der Waals surface area contributed by atoms with Crippen molar-refractivity contribution < 1.29 is 18.1 Å². The number of nitrogens with zero attached hydrogens (tertiary/aromatic N) is 2. The van der Waals surface area contributed by atoms with Crippen LogP contribution >= 0.6 is 15.9 Å². The first-order chi connectivity index (χ1) is 15.7. The van der Waals surface area contributed by atoms with Crippen LogP contribution in [0.4, 0.5) is 17.1 Å². The second-order valence-corrected chi connectivity index (χ2v) is 9.43. The maximum Gasteiger partial charge on any atom is 0.271 e. The van der Waals surface area contributed by atoms with E-state index in [-0.39, 0.29) is 21.8 Å². The third kappa shape index (κ3) is 4.83. The largest absolute Gasteiger partial charge is 0.322 e. The van der Waals surface area contributed by atoms with Crippen molar-refractivity contribution >= 4 is 59.8 Å². The average molecular weight is 527 g/mol. The first-order valence-corrected chi connectivity index (χ1v) is 11.7. The van der Waals surface area contributed by atoms with Crippen LogP contribution in [0.5, 0.6) is 0 Å². The number of amides is 1. The monoisotopic (exact) mass is 526 g/mol. The summed E-state index contributed by atoms with van der Waals surface area (Å²) >= 11 is 3.42. The Morgan fingerprint density at radius 3 is 2.58 bits per heavy atom. The van der Waals surface area contributed by atoms with Crippen LogP contribution in [0.25, 0.3) is 10.9 Å². The number of aromatic nitrogens is 1. The Bertz CT molecular complexity index is 1510. The number of nitrogens with one attached hydrogen (secondary N) is 2. The van der Waals surface area contributed by atoms with E-state index in [4.69, 9.17) is 0 Å². The third-order valence-corrected chi connectivity index (χ3v) is 6.74. The molecule has 0 spiro atoms. The Morgan fingerprint density at radius 1 is 1.00 bits per heavy atom. The summed E-state index contributed by atoms with van der Waals surface area (Å²) in [6.07, 6.45) is 1.56. The average Bonchev–Trinajstić information content (AvgIpc) is 2.81. The molecule has 4 rings (SSSR count). The quantitative estimate of drug-likeness (QED) is 0.269. The van der Waals surface area contributed by atoms with Crippen molar-refractivity contribution in [3.63, 3.8) is 0 Å². The highest BCUT2D eigenvalue weighted by molar-refractivity contribution is 9.10. The van der Waals surface area contributed by atoms with Crippen molar-refractivity contribution in [3.8, 4) is 0 Å². The number of hydrogen-bond acceptors (Lipinski definition) is 6. The molecule has 0 saturated heterocycles. The molecule has 3 aromatic carbocycles. The lowest BCUT2D eigenvalue weighted by atomic mass is 10.2. The number of hydrogen-bond donors (Lipinski definition) is 2. The predicted octanol–water partition coefficient (Wildman–Crippen LogP) is 4.96. The SMILES string of the molecule is O=C(Nc1cccc([N+](=O)[O-])c1)c1cccc(S(=O)(=O)Nc2ccc(Br)c3cccnc23)c1. The minimum absolute atomic E-state index is 0.0724. The molecule has 166 valence electrons. The van der Waals surface area contributed by atoms with Gasteiger partial charge in [0.25, 0.3) is 21.6 Å².